The molecule has 0 saturated carbocycles. The van der Waals surface area contributed by atoms with Gasteiger partial charge >= 0.3 is 0 Å². The fraction of sp³-hybridized carbons (Fsp3) is 0.636. The molecule has 3 fully saturated rings. The maximum absolute atomic E-state index is 12.5. The molecule has 6 nitrogen and oxygen atoms in total. The van der Waals surface area contributed by atoms with Gasteiger partial charge in [0, 0.05) is 58.2 Å². The summed E-state index contributed by atoms with van der Waals surface area (Å²) in [6.45, 7) is 5.49. The quantitative estimate of drug-likeness (QED) is 0.724. The van der Waals surface area contributed by atoms with Gasteiger partial charge in [0.1, 0.15) is 5.76 Å². The SMILES string of the molecule is O=C1CCCN1CCCN1C(=O)CC[C@@H]2CN(CC=Cc3ccco3)CC[C@@H]21. The molecule has 0 aliphatic carbocycles. The highest BCUT2D eigenvalue weighted by atomic mass is 16.3. The summed E-state index contributed by atoms with van der Waals surface area (Å²) in [7, 11) is 0. The topological polar surface area (TPSA) is 57.0 Å². The van der Waals surface area contributed by atoms with Gasteiger partial charge in [0.05, 0.1) is 6.26 Å². The van der Waals surface area contributed by atoms with Gasteiger partial charge in [-0.3, -0.25) is 14.5 Å². The van der Waals surface area contributed by atoms with Crippen LogP contribution >= 0.6 is 0 Å². The van der Waals surface area contributed by atoms with Gasteiger partial charge in [0.15, 0.2) is 0 Å². The number of piperidine rings is 2. The predicted octanol–water partition coefficient (Wildman–Crippen LogP) is 2.62. The summed E-state index contributed by atoms with van der Waals surface area (Å²) in [5.74, 6) is 2.04. The lowest BCUT2D eigenvalue weighted by molar-refractivity contribution is -0.141. The molecule has 28 heavy (non-hydrogen) atoms. The summed E-state index contributed by atoms with van der Waals surface area (Å²) in [6.07, 6.45) is 11.2. The highest BCUT2D eigenvalue weighted by Crippen LogP contribution is 2.31. The average Bonchev–Trinajstić information content (AvgIpc) is 3.35. The Bertz CT molecular complexity index is 700. The van der Waals surface area contributed by atoms with E-state index in [2.05, 4.69) is 15.9 Å². The lowest BCUT2D eigenvalue weighted by Crippen LogP contribution is -2.56. The van der Waals surface area contributed by atoms with Crippen LogP contribution in [0.15, 0.2) is 28.9 Å². The number of nitrogens with zero attached hydrogens (tertiary/aromatic N) is 3. The third-order valence-corrected chi connectivity index (χ3v) is 6.41. The van der Waals surface area contributed by atoms with Crippen molar-refractivity contribution in [2.45, 2.75) is 44.6 Å². The summed E-state index contributed by atoms with van der Waals surface area (Å²) in [5, 5.41) is 0. The van der Waals surface area contributed by atoms with Crippen LogP contribution in [0.1, 0.15) is 44.3 Å². The zero-order valence-corrected chi connectivity index (χ0v) is 16.6. The molecule has 2 atom stereocenters. The van der Waals surface area contributed by atoms with Crippen molar-refractivity contribution in [2.24, 2.45) is 5.92 Å². The summed E-state index contributed by atoms with van der Waals surface area (Å²) in [6, 6.07) is 4.24. The van der Waals surface area contributed by atoms with Crippen LogP contribution in [0.25, 0.3) is 6.08 Å². The fourth-order valence-electron chi connectivity index (χ4n) is 4.96. The molecule has 0 aromatic carbocycles. The van der Waals surface area contributed by atoms with Crippen molar-refractivity contribution in [3.63, 3.8) is 0 Å². The van der Waals surface area contributed by atoms with Gasteiger partial charge in [-0.2, -0.15) is 0 Å². The normalized spacial score (nSPS) is 26.4. The molecule has 0 N–H and O–H groups in total. The third-order valence-electron chi connectivity index (χ3n) is 6.41. The first-order valence-electron chi connectivity index (χ1n) is 10.7. The van der Waals surface area contributed by atoms with E-state index in [4.69, 9.17) is 4.42 Å². The fourth-order valence-corrected chi connectivity index (χ4v) is 4.96. The van der Waals surface area contributed by atoms with Crippen LogP contribution in [0, 0.1) is 5.92 Å². The van der Waals surface area contributed by atoms with E-state index in [1.54, 1.807) is 6.26 Å². The van der Waals surface area contributed by atoms with E-state index in [0.717, 1.165) is 70.7 Å². The van der Waals surface area contributed by atoms with Crippen molar-refractivity contribution >= 4 is 17.9 Å². The number of carbonyl (C=O) groups excluding carboxylic acids is 2. The minimum absolute atomic E-state index is 0.277. The van der Waals surface area contributed by atoms with Crippen LogP contribution in [-0.4, -0.2) is 71.8 Å². The Labute approximate surface area is 167 Å². The molecular formula is C22H31N3O3. The Balaban J connectivity index is 1.26. The highest BCUT2D eigenvalue weighted by molar-refractivity contribution is 5.78. The molecule has 4 rings (SSSR count). The van der Waals surface area contributed by atoms with E-state index in [0.29, 0.717) is 30.7 Å². The van der Waals surface area contributed by atoms with Gasteiger partial charge in [-0.05, 0) is 49.8 Å². The highest BCUT2D eigenvalue weighted by Gasteiger charge is 2.38. The lowest BCUT2D eigenvalue weighted by Gasteiger charge is -2.47. The molecule has 0 radical (unpaired) electrons. The zero-order valence-electron chi connectivity index (χ0n) is 16.6. The minimum Gasteiger partial charge on any atom is -0.465 e. The monoisotopic (exact) mass is 385 g/mol. The first-order valence-corrected chi connectivity index (χ1v) is 10.7. The molecule has 1 aromatic rings. The molecule has 0 unspecified atom stereocenters. The van der Waals surface area contributed by atoms with Crippen molar-refractivity contribution in [1.29, 1.82) is 0 Å². The zero-order chi connectivity index (χ0) is 19.3. The number of hydrogen-bond acceptors (Lipinski definition) is 4. The van der Waals surface area contributed by atoms with Gasteiger partial charge < -0.3 is 14.2 Å². The maximum atomic E-state index is 12.5. The lowest BCUT2D eigenvalue weighted by atomic mass is 9.83. The van der Waals surface area contributed by atoms with Gasteiger partial charge in [-0.15, -0.1) is 0 Å². The van der Waals surface area contributed by atoms with Crippen LogP contribution in [0.3, 0.4) is 0 Å². The maximum Gasteiger partial charge on any atom is 0.222 e. The van der Waals surface area contributed by atoms with Crippen molar-refractivity contribution < 1.29 is 14.0 Å². The Morgan fingerprint density at radius 1 is 1.11 bits per heavy atom. The summed E-state index contributed by atoms with van der Waals surface area (Å²) in [4.78, 5) is 30.9. The molecule has 4 heterocycles. The number of fused-ring (bicyclic) bond motifs is 1. The number of hydrogen-bond donors (Lipinski definition) is 0. The van der Waals surface area contributed by atoms with E-state index in [1.165, 1.54) is 0 Å². The smallest absolute Gasteiger partial charge is 0.222 e. The molecular weight excluding hydrogens is 354 g/mol. The van der Waals surface area contributed by atoms with E-state index >= 15 is 0 Å². The number of amides is 2. The predicted molar refractivity (Wildman–Crippen MR) is 107 cm³/mol. The van der Waals surface area contributed by atoms with E-state index in [1.807, 2.05) is 23.1 Å². The minimum atomic E-state index is 0.277. The Morgan fingerprint density at radius 3 is 2.82 bits per heavy atom. The Hall–Kier alpha value is -2.08. The largest absolute Gasteiger partial charge is 0.465 e. The number of furan rings is 1. The second-order valence-corrected chi connectivity index (χ2v) is 8.26. The average molecular weight is 386 g/mol. The van der Waals surface area contributed by atoms with Crippen LogP contribution in [-0.2, 0) is 9.59 Å². The second-order valence-electron chi connectivity index (χ2n) is 8.26. The van der Waals surface area contributed by atoms with Crippen LogP contribution in [0.4, 0.5) is 0 Å². The van der Waals surface area contributed by atoms with Crippen molar-refractivity contribution in [1.82, 2.24) is 14.7 Å². The van der Waals surface area contributed by atoms with Crippen molar-refractivity contribution in [2.75, 3.05) is 39.3 Å². The van der Waals surface area contributed by atoms with E-state index < -0.39 is 0 Å². The molecule has 0 spiro atoms. The molecule has 6 heteroatoms. The van der Waals surface area contributed by atoms with Crippen LogP contribution < -0.4 is 0 Å². The van der Waals surface area contributed by atoms with Gasteiger partial charge in [-0.1, -0.05) is 6.08 Å². The van der Waals surface area contributed by atoms with Gasteiger partial charge in [0.2, 0.25) is 11.8 Å². The Kier molecular flexibility index (Phi) is 6.15. The molecule has 3 aliphatic rings. The molecule has 2 amide bonds. The van der Waals surface area contributed by atoms with E-state index in [-0.39, 0.29) is 5.91 Å². The Morgan fingerprint density at radius 2 is 2.04 bits per heavy atom. The standard InChI is InChI=1S/C22H31N3O3/c26-21-7-2-12-24(21)13-4-14-25-20-10-15-23(17-18(20)8-9-22(25)27)11-1-5-19-6-3-16-28-19/h1,3,5-6,16,18,20H,2,4,7-15,17H2/t18-,20+/m1/s1. The number of rotatable bonds is 7. The number of likely N-dealkylation sites (tertiary alicyclic amines) is 3. The molecule has 3 aliphatic heterocycles. The molecule has 0 bridgehead atoms. The third kappa shape index (κ3) is 4.49. The summed E-state index contributed by atoms with van der Waals surface area (Å²) in [5.41, 5.74) is 0. The summed E-state index contributed by atoms with van der Waals surface area (Å²) < 4.78 is 5.34. The number of carbonyl (C=O) groups is 2. The van der Waals surface area contributed by atoms with Crippen molar-refractivity contribution in [3.8, 4) is 0 Å². The van der Waals surface area contributed by atoms with Gasteiger partial charge in [0.25, 0.3) is 0 Å². The van der Waals surface area contributed by atoms with Crippen LogP contribution in [0.2, 0.25) is 0 Å². The second kappa shape index (κ2) is 8.95. The van der Waals surface area contributed by atoms with E-state index in [9.17, 15) is 9.59 Å². The molecule has 3 saturated heterocycles. The first kappa shape index (κ1) is 19.2. The van der Waals surface area contributed by atoms with Crippen LogP contribution in [0.5, 0.6) is 0 Å². The molecule has 1 aromatic heterocycles. The van der Waals surface area contributed by atoms with Gasteiger partial charge in [-0.25, -0.2) is 0 Å². The first-order chi connectivity index (χ1) is 13.7. The molecule has 152 valence electrons. The summed E-state index contributed by atoms with van der Waals surface area (Å²) >= 11 is 0. The van der Waals surface area contributed by atoms with Crippen molar-refractivity contribution in [3.05, 3.63) is 30.2 Å².